The van der Waals surface area contributed by atoms with Crippen LogP contribution in [0.2, 0.25) is 0 Å². The first-order valence-corrected chi connectivity index (χ1v) is 6.35. The van der Waals surface area contributed by atoms with E-state index in [0.29, 0.717) is 5.11 Å². The molecule has 96 valence electrons. The summed E-state index contributed by atoms with van der Waals surface area (Å²) in [6.45, 7) is 1.58. The Bertz CT molecular complexity index is 404. The molecule has 1 saturated heterocycles. The van der Waals surface area contributed by atoms with Crippen molar-refractivity contribution in [3.8, 4) is 0 Å². The molecule has 6 heteroatoms. The highest BCUT2D eigenvalue weighted by molar-refractivity contribution is 7.80. The zero-order valence-corrected chi connectivity index (χ0v) is 10.8. The largest absolute Gasteiger partial charge is 0.376 e. The van der Waals surface area contributed by atoms with E-state index >= 15 is 0 Å². The normalized spacial score (nSPS) is 19.0. The fourth-order valence-corrected chi connectivity index (χ4v) is 1.80. The van der Waals surface area contributed by atoms with Crippen molar-refractivity contribution >= 4 is 23.5 Å². The zero-order chi connectivity index (χ0) is 12.6. The van der Waals surface area contributed by atoms with E-state index in [4.69, 9.17) is 17.0 Å². The van der Waals surface area contributed by atoms with Crippen LogP contribution in [0.25, 0.3) is 0 Å². The molecule has 0 unspecified atom stereocenters. The third kappa shape index (κ3) is 4.38. The first-order valence-electron chi connectivity index (χ1n) is 5.94. The number of thiocarbonyl (C=S) groups is 1. The van der Waals surface area contributed by atoms with Crippen LogP contribution in [0, 0.1) is 0 Å². The summed E-state index contributed by atoms with van der Waals surface area (Å²) >= 11 is 5.09. The van der Waals surface area contributed by atoms with Crippen molar-refractivity contribution in [2.45, 2.75) is 18.9 Å². The molecular formula is C12H16N4OS. The number of hydrogen-bond acceptors (Lipinski definition) is 4. The number of hydrazone groups is 1. The van der Waals surface area contributed by atoms with Crippen molar-refractivity contribution in [3.05, 3.63) is 30.1 Å². The standard InChI is InChI=1S/C12H16N4OS/c18-12(14-9-11-5-3-7-17-11)16-15-8-10-4-1-2-6-13-10/h1-2,4,6,8,11H,3,5,7,9H2,(H2,14,16,18)/b15-8-/t11-/m0/s1. The maximum atomic E-state index is 5.48. The van der Waals surface area contributed by atoms with Crippen molar-refractivity contribution < 1.29 is 4.74 Å². The third-order valence-corrected chi connectivity index (χ3v) is 2.80. The molecule has 5 nitrogen and oxygen atoms in total. The van der Waals surface area contributed by atoms with Gasteiger partial charge in [-0.1, -0.05) is 6.07 Å². The van der Waals surface area contributed by atoms with Crippen LogP contribution in [-0.4, -0.2) is 35.6 Å². The van der Waals surface area contributed by atoms with E-state index in [9.17, 15) is 0 Å². The second kappa shape index (κ2) is 7.03. The van der Waals surface area contributed by atoms with E-state index in [1.54, 1.807) is 12.4 Å². The van der Waals surface area contributed by atoms with E-state index in [1.165, 1.54) is 0 Å². The van der Waals surface area contributed by atoms with E-state index in [-0.39, 0.29) is 6.10 Å². The molecule has 18 heavy (non-hydrogen) atoms. The fraction of sp³-hybridized carbons (Fsp3) is 0.417. The molecule has 2 N–H and O–H groups in total. The summed E-state index contributed by atoms with van der Waals surface area (Å²) in [7, 11) is 0. The maximum Gasteiger partial charge on any atom is 0.187 e. The van der Waals surface area contributed by atoms with Crippen molar-refractivity contribution in [2.24, 2.45) is 5.10 Å². The first kappa shape index (κ1) is 12.9. The Morgan fingerprint density at radius 1 is 1.61 bits per heavy atom. The summed E-state index contributed by atoms with van der Waals surface area (Å²) in [5.74, 6) is 0. The summed E-state index contributed by atoms with van der Waals surface area (Å²) in [6, 6.07) is 5.63. The van der Waals surface area contributed by atoms with Crippen LogP contribution in [-0.2, 0) is 4.74 Å². The number of rotatable bonds is 4. The molecule has 2 heterocycles. The van der Waals surface area contributed by atoms with Crippen LogP contribution in [0.1, 0.15) is 18.5 Å². The molecule has 1 fully saturated rings. The second-order valence-electron chi connectivity index (χ2n) is 3.97. The van der Waals surface area contributed by atoms with Gasteiger partial charge in [-0.05, 0) is 37.2 Å². The quantitative estimate of drug-likeness (QED) is 0.484. The predicted molar refractivity (Wildman–Crippen MR) is 74.5 cm³/mol. The van der Waals surface area contributed by atoms with Gasteiger partial charge < -0.3 is 10.1 Å². The predicted octanol–water partition coefficient (Wildman–Crippen LogP) is 1.06. The maximum absolute atomic E-state index is 5.48. The highest BCUT2D eigenvalue weighted by Gasteiger charge is 2.14. The van der Waals surface area contributed by atoms with Gasteiger partial charge in [0.25, 0.3) is 0 Å². The van der Waals surface area contributed by atoms with Gasteiger partial charge >= 0.3 is 0 Å². The summed E-state index contributed by atoms with van der Waals surface area (Å²) in [5.41, 5.74) is 3.53. The number of hydrogen-bond donors (Lipinski definition) is 2. The number of nitrogens with zero attached hydrogens (tertiary/aromatic N) is 2. The Morgan fingerprint density at radius 2 is 2.56 bits per heavy atom. The Labute approximate surface area is 112 Å². The fourth-order valence-electron chi connectivity index (χ4n) is 1.66. The zero-order valence-electron chi connectivity index (χ0n) is 10.0. The lowest BCUT2D eigenvalue weighted by Gasteiger charge is -2.11. The minimum Gasteiger partial charge on any atom is -0.376 e. The highest BCUT2D eigenvalue weighted by atomic mass is 32.1. The minimum absolute atomic E-state index is 0.268. The van der Waals surface area contributed by atoms with E-state index in [2.05, 4.69) is 20.8 Å². The number of aromatic nitrogens is 1. The third-order valence-electron chi connectivity index (χ3n) is 2.56. The molecule has 0 spiro atoms. The smallest absolute Gasteiger partial charge is 0.187 e. The van der Waals surface area contributed by atoms with Crippen molar-refractivity contribution in [1.82, 2.24) is 15.7 Å². The van der Waals surface area contributed by atoms with Gasteiger partial charge in [0, 0.05) is 19.3 Å². The summed E-state index contributed by atoms with van der Waals surface area (Å²) in [5, 5.41) is 7.57. The van der Waals surface area contributed by atoms with E-state index in [0.717, 1.165) is 31.7 Å². The number of ether oxygens (including phenoxy) is 1. The average Bonchev–Trinajstić information content (AvgIpc) is 2.91. The average molecular weight is 264 g/mol. The highest BCUT2D eigenvalue weighted by Crippen LogP contribution is 2.10. The van der Waals surface area contributed by atoms with Crippen LogP contribution >= 0.6 is 12.2 Å². The lowest BCUT2D eigenvalue weighted by molar-refractivity contribution is 0.114. The molecule has 0 aliphatic carbocycles. The minimum atomic E-state index is 0.268. The van der Waals surface area contributed by atoms with Gasteiger partial charge in [-0.3, -0.25) is 10.4 Å². The number of pyridine rings is 1. The van der Waals surface area contributed by atoms with E-state index in [1.807, 2.05) is 18.2 Å². The second-order valence-corrected chi connectivity index (χ2v) is 4.38. The SMILES string of the molecule is S=C(NC[C@@H]1CCCO1)N/N=C\c1ccccn1. The van der Waals surface area contributed by atoms with E-state index < -0.39 is 0 Å². The van der Waals surface area contributed by atoms with Gasteiger partial charge in [0.2, 0.25) is 0 Å². The van der Waals surface area contributed by atoms with Crippen molar-refractivity contribution in [1.29, 1.82) is 0 Å². The van der Waals surface area contributed by atoms with Crippen LogP contribution in [0.3, 0.4) is 0 Å². The van der Waals surface area contributed by atoms with Gasteiger partial charge in [-0.2, -0.15) is 5.10 Å². The summed E-state index contributed by atoms with van der Waals surface area (Å²) in [6.07, 6.45) is 5.83. The molecule has 0 aromatic carbocycles. The molecule has 0 radical (unpaired) electrons. The first-order chi connectivity index (χ1) is 8.84. The van der Waals surface area contributed by atoms with Gasteiger partial charge in [0.15, 0.2) is 5.11 Å². The van der Waals surface area contributed by atoms with Crippen LogP contribution in [0.5, 0.6) is 0 Å². The van der Waals surface area contributed by atoms with Gasteiger partial charge in [0.05, 0.1) is 18.0 Å². The lowest BCUT2D eigenvalue weighted by Crippen LogP contribution is -2.37. The topological polar surface area (TPSA) is 58.5 Å². The van der Waals surface area contributed by atoms with Crippen LogP contribution in [0.15, 0.2) is 29.5 Å². The molecule has 1 aliphatic rings. The monoisotopic (exact) mass is 264 g/mol. The Balaban J connectivity index is 1.66. The molecule has 0 amide bonds. The number of nitrogens with one attached hydrogen (secondary N) is 2. The summed E-state index contributed by atoms with van der Waals surface area (Å²) in [4.78, 5) is 4.11. The van der Waals surface area contributed by atoms with Crippen LogP contribution < -0.4 is 10.7 Å². The molecule has 1 aromatic heterocycles. The van der Waals surface area contributed by atoms with Gasteiger partial charge in [-0.25, -0.2) is 0 Å². The molecule has 1 aromatic rings. The molecule has 0 bridgehead atoms. The van der Waals surface area contributed by atoms with Gasteiger partial charge in [-0.15, -0.1) is 0 Å². The van der Waals surface area contributed by atoms with Crippen molar-refractivity contribution in [3.63, 3.8) is 0 Å². The Kier molecular flexibility index (Phi) is 5.04. The van der Waals surface area contributed by atoms with Gasteiger partial charge in [0.1, 0.15) is 0 Å². The molecule has 0 saturated carbocycles. The molecule has 2 rings (SSSR count). The summed E-state index contributed by atoms with van der Waals surface area (Å²) < 4.78 is 5.48. The van der Waals surface area contributed by atoms with Crippen molar-refractivity contribution in [2.75, 3.05) is 13.2 Å². The lowest BCUT2D eigenvalue weighted by atomic mass is 10.2. The Hall–Kier alpha value is -1.53. The Morgan fingerprint density at radius 3 is 3.28 bits per heavy atom. The molecule has 1 aliphatic heterocycles. The molecule has 1 atom stereocenters. The molecular weight excluding hydrogens is 248 g/mol. The van der Waals surface area contributed by atoms with Crippen LogP contribution in [0.4, 0.5) is 0 Å².